The van der Waals surface area contributed by atoms with E-state index in [1.165, 1.54) is 44.2 Å². The fraction of sp³-hybridized carbons (Fsp3) is 0.391. The highest BCUT2D eigenvalue weighted by Gasteiger charge is 2.36. The number of rotatable bonds is 5. The van der Waals surface area contributed by atoms with Crippen LogP contribution in [0.15, 0.2) is 42.0 Å². The zero-order chi connectivity index (χ0) is 18.5. The molecule has 4 rings (SSSR count). The molecule has 1 atom stereocenters. The lowest BCUT2D eigenvalue weighted by Crippen LogP contribution is -2.25. The molecule has 0 aliphatic heterocycles. The maximum Gasteiger partial charge on any atom is 0.0468 e. The zero-order valence-corrected chi connectivity index (χ0v) is 18.1. The summed E-state index contributed by atoms with van der Waals surface area (Å²) in [6.07, 6.45) is 7.41. The number of hydrogen-bond donors (Lipinski definition) is 1. The van der Waals surface area contributed by atoms with Crippen molar-refractivity contribution in [2.45, 2.75) is 38.9 Å². The van der Waals surface area contributed by atoms with Gasteiger partial charge in [0.05, 0.1) is 0 Å². The Kier molecular flexibility index (Phi) is 4.66. The summed E-state index contributed by atoms with van der Waals surface area (Å²) in [5.41, 5.74) is 6.11. The predicted molar refractivity (Wildman–Crippen MR) is 123 cm³/mol. The summed E-state index contributed by atoms with van der Waals surface area (Å²) in [6.45, 7) is 8.08. The van der Waals surface area contributed by atoms with E-state index < -0.39 is 10.2 Å². The highest BCUT2D eigenvalue weighted by molar-refractivity contribution is 8.31. The summed E-state index contributed by atoms with van der Waals surface area (Å²) in [4.78, 5) is 0. The maximum absolute atomic E-state index is 3.92. The second-order valence-electron chi connectivity index (χ2n) is 7.84. The molecular formula is C23H29NS2. The standard InChI is InChI=1S/C23H29NS2/c1-6-7-14-24-26(4,5)23-16(3)15(2)21-18(23)12-13-20-22(21)17-10-8-9-11-19(17)25-20/h8-13,23-24H,6-7,14H2,1-5H3. The molecule has 26 heavy (non-hydrogen) atoms. The lowest BCUT2D eigenvalue weighted by Gasteiger charge is -2.40. The predicted octanol–water partition coefficient (Wildman–Crippen LogP) is 7.27. The molecule has 1 N–H and O–H groups in total. The van der Waals surface area contributed by atoms with Crippen molar-refractivity contribution in [2.24, 2.45) is 0 Å². The molecule has 1 heterocycles. The van der Waals surface area contributed by atoms with Gasteiger partial charge in [0.1, 0.15) is 0 Å². The smallest absolute Gasteiger partial charge is 0.0468 e. The third-order valence-electron chi connectivity index (χ3n) is 5.81. The Labute approximate surface area is 162 Å². The molecule has 3 aromatic rings. The highest BCUT2D eigenvalue weighted by Crippen LogP contribution is 2.62. The Morgan fingerprint density at radius 3 is 2.58 bits per heavy atom. The number of fused-ring (bicyclic) bond motifs is 5. The largest absolute Gasteiger partial charge is 0.280 e. The van der Waals surface area contributed by atoms with Crippen molar-refractivity contribution in [2.75, 3.05) is 19.1 Å². The van der Waals surface area contributed by atoms with Crippen LogP contribution in [0.3, 0.4) is 0 Å². The van der Waals surface area contributed by atoms with Gasteiger partial charge >= 0.3 is 0 Å². The quantitative estimate of drug-likeness (QED) is 0.457. The van der Waals surface area contributed by atoms with Gasteiger partial charge in [-0.2, -0.15) is 10.2 Å². The van der Waals surface area contributed by atoms with Crippen LogP contribution in [0.5, 0.6) is 0 Å². The molecule has 1 aliphatic carbocycles. The van der Waals surface area contributed by atoms with E-state index in [4.69, 9.17) is 0 Å². The summed E-state index contributed by atoms with van der Waals surface area (Å²) in [5.74, 6) is 0. The molecule has 1 unspecified atom stereocenters. The van der Waals surface area contributed by atoms with Crippen molar-refractivity contribution in [1.29, 1.82) is 0 Å². The van der Waals surface area contributed by atoms with E-state index in [0.717, 1.165) is 6.54 Å². The third-order valence-corrected chi connectivity index (χ3v) is 9.68. The summed E-state index contributed by atoms with van der Waals surface area (Å²) in [7, 11) is -0.937. The lowest BCUT2D eigenvalue weighted by molar-refractivity contribution is 0.769. The molecule has 0 spiro atoms. The van der Waals surface area contributed by atoms with Crippen molar-refractivity contribution >= 4 is 47.3 Å². The Balaban J connectivity index is 1.90. The van der Waals surface area contributed by atoms with Gasteiger partial charge in [-0.3, -0.25) is 4.72 Å². The molecule has 1 nitrogen and oxygen atoms in total. The van der Waals surface area contributed by atoms with Crippen LogP contribution in [0.25, 0.3) is 25.7 Å². The molecule has 138 valence electrons. The van der Waals surface area contributed by atoms with E-state index in [1.54, 1.807) is 11.1 Å². The van der Waals surface area contributed by atoms with E-state index in [2.05, 4.69) is 74.4 Å². The second-order valence-corrected chi connectivity index (χ2v) is 12.5. The van der Waals surface area contributed by atoms with Gasteiger partial charge in [-0.25, -0.2) is 0 Å². The minimum absolute atomic E-state index is 0.525. The summed E-state index contributed by atoms with van der Waals surface area (Å²) < 4.78 is 6.75. The zero-order valence-electron chi connectivity index (χ0n) is 16.5. The first-order valence-corrected chi connectivity index (χ1v) is 12.9. The molecule has 0 radical (unpaired) electrons. The van der Waals surface area contributed by atoms with E-state index in [9.17, 15) is 0 Å². The van der Waals surface area contributed by atoms with E-state index in [0.29, 0.717) is 5.25 Å². The van der Waals surface area contributed by atoms with Crippen LogP contribution in [0.4, 0.5) is 0 Å². The van der Waals surface area contributed by atoms with Crippen molar-refractivity contribution in [3.8, 4) is 0 Å². The van der Waals surface area contributed by atoms with Crippen molar-refractivity contribution in [3.63, 3.8) is 0 Å². The molecule has 0 fully saturated rings. The van der Waals surface area contributed by atoms with Crippen LogP contribution in [-0.4, -0.2) is 19.1 Å². The first-order chi connectivity index (χ1) is 12.5. The van der Waals surface area contributed by atoms with Gasteiger partial charge in [0.25, 0.3) is 0 Å². The minimum atomic E-state index is -0.937. The average Bonchev–Trinajstić information content (AvgIpc) is 3.11. The van der Waals surface area contributed by atoms with Crippen LogP contribution in [0, 0.1) is 0 Å². The Morgan fingerprint density at radius 1 is 1.04 bits per heavy atom. The lowest BCUT2D eigenvalue weighted by atomic mass is 9.99. The van der Waals surface area contributed by atoms with Crippen molar-refractivity contribution in [1.82, 2.24) is 4.72 Å². The number of thiophene rings is 1. The SMILES string of the molecule is CCCCNS(C)(C)C1C(C)=C(C)c2c1ccc1sc3ccccc3c21. The van der Waals surface area contributed by atoms with Crippen molar-refractivity contribution < 1.29 is 0 Å². The molecule has 2 aromatic carbocycles. The van der Waals surface area contributed by atoms with Crippen LogP contribution < -0.4 is 4.72 Å². The van der Waals surface area contributed by atoms with Gasteiger partial charge < -0.3 is 0 Å². The fourth-order valence-electron chi connectivity index (χ4n) is 4.44. The van der Waals surface area contributed by atoms with Gasteiger partial charge in [0, 0.05) is 32.0 Å². The monoisotopic (exact) mass is 383 g/mol. The molecule has 0 saturated heterocycles. The van der Waals surface area contributed by atoms with Crippen molar-refractivity contribution in [3.05, 3.63) is 53.1 Å². The molecule has 0 bridgehead atoms. The normalized spacial score (nSPS) is 18.1. The molecular weight excluding hydrogens is 354 g/mol. The topological polar surface area (TPSA) is 12.0 Å². The average molecular weight is 384 g/mol. The molecule has 3 heteroatoms. The van der Waals surface area contributed by atoms with E-state index in [-0.39, 0.29) is 0 Å². The molecule has 1 aliphatic rings. The van der Waals surface area contributed by atoms with E-state index in [1.807, 2.05) is 11.3 Å². The number of benzene rings is 2. The Morgan fingerprint density at radius 2 is 1.81 bits per heavy atom. The fourth-order valence-corrected chi connectivity index (χ4v) is 8.28. The van der Waals surface area contributed by atoms with Crippen LogP contribution in [0.2, 0.25) is 0 Å². The minimum Gasteiger partial charge on any atom is -0.280 e. The number of unbranched alkanes of at least 4 members (excludes halogenated alkanes) is 1. The Bertz CT molecular complexity index is 1010. The van der Waals surface area contributed by atoms with Crippen LogP contribution in [0.1, 0.15) is 50.0 Å². The van der Waals surface area contributed by atoms with Crippen LogP contribution >= 0.6 is 21.6 Å². The summed E-state index contributed by atoms with van der Waals surface area (Å²) in [6, 6.07) is 13.6. The number of allylic oxidation sites excluding steroid dienone is 1. The van der Waals surface area contributed by atoms with Crippen LogP contribution in [-0.2, 0) is 0 Å². The first kappa shape index (κ1) is 18.1. The summed E-state index contributed by atoms with van der Waals surface area (Å²) in [5, 5.41) is 3.42. The van der Waals surface area contributed by atoms with Gasteiger partial charge in [-0.1, -0.05) is 43.2 Å². The van der Waals surface area contributed by atoms with Gasteiger partial charge in [0.15, 0.2) is 0 Å². The van der Waals surface area contributed by atoms with E-state index >= 15 is 0 Å². The van der Waals surface area contributed by atoms with Gasteiger partial charge in [-0.05, 0) is 61.6 Å². The number of hydrogen-bond acceptors (Lipinski definition) is 2. The molecule has 0 amide bonds. The first-order valence-electron chi connectivity index (χ1n) is 9.54. The highest BCUT2D eigenvalue weighted by atomic mass is 32.3. The Hall–Kier alpha value is -1.29. The third kappa shape index (κ3) is 2.72. The summed E-state index contributed by atoms with van der Waals surface area (Å²) >= 11 is 1.93. The second kappa shape index (κ2) is 6.70. The van der Waals surface area contributed by atoms with Gasteiger partial charge in [0.2, 0.25) is 0 Å². The van der Waals surface area contributed by atoms with Gasteiger partial charge in [-0.15, -0.1) is 11.3 Å². The maximum atomic E-state index is 3.92. The number of nitrogens with one attached hydrogen (secondary N) is 1. The molecule has 0 saturated carbocycles. The molecule has 1 aromatic heterocycles.